The van der Waals surface area contributed by atoms with Crippen LogP contribution in [0.5, 0.6) is 0 Å². The van der Waals surface area contributed by atoms with Gasteiger partial charge in [0.15, 0.2) is 0 Å². The van der Waals surface area contributed by atoms with Crippen molar-refractivity contribution in [3.63, 3.8) is 0 Å². The van der Waals surface area contributed by atoms with E-state index in [1.807, 2.05) is 0 Å². The fourth-order valence-corrected chi connectivity index (χ4v) is 1.93. The van der Waals surface area contributed by atoms with Gasteiger partial charge in [0.25, 0.3) is 11.8 Å². The van der Waals surface area contributed by atoms with Crippen molar-refractivity contribution >= 4 is 17.5 Å². The van der Waals surface area contributed by atoms with E-state index < -0.39 is 11.6 Å². The van der Waals surface area contributed by atoms with E-state index in [4.69, 9.17) is 0 Å². The molecule has 3 rings (SSSR count). The van der Waals surface area contributed by atoms with Gasteiger partial charge in [0, 0.05) is 23.4 Å². The number of carbonyl (C=O) groups is 2. The van der Waals surface area contributed by atoms with E-state index >= 15 is 0 Å². The van der Waals surface area contributed by atoms with E-state index in [2.05, 4.69) is 25.8 Å². The minimum absolute atomic E-state index is 0.111. The summed E-state index contributed by atoms with van der Waals surface area (Å²) in [5.74, 6) is -0.828. The molecule has 2 amide bonds. The topological polar surface area (TPSA) is 120 Å². The van der Waals surface area contributed by atoms with Crippen LogP contribution in [0.1, 0.15) is 26.5 Å². The van der Waals surface area contributed by atoms with E-state index in [0.29, 0.717) is 17.8 Å². The van der Waals surface area contributed by atoms with Crippen LogP contribution in [0.15, 0.2) is 23.0 Å². The van der Waals surface area contributed by atoms with Crippen molar-refractivity contribution in [3.8, 4) is 0 Å². The Hall–Kier alpha value is -2.90. The van der Waals surface area contributed by atoms with Gasteiger partial charge in [0.2, 0.25) is 5.82 Å². The van der Waals surface area contributed by atoms with E-state index in [1.165, 1.54) is 0 Å². The second kappa shape index (κ2) is 4.09. The number of benzene rings is 1. The molecule has 2 aromatic rings. The summed E-state index contributed by atoms with van der Waals surface area (Å²) in [5.41, 5.74) is 1.22. The SMILES string of the molecule is O=C(Nc1cccc2c1CNC2=O)c1n[nH]c(=O)[nH]1. The lowest BCUT2D eigenvalue weighted by Crippen LogP contribution is -2.16. The summed E-state index contributed by atoms with van der Waals surface area (Å²) in [4.78, 5) is 36.5. The average Bonchev–Trinajstić information content (AvgIpc) is 2.98. The van der Waals surface area contributed by atoms with Crippen LogP contribution in [-0.2, 0) is 6.54 Å². The Bertz CT molecular complexity index is 730. The van der Waals surface area contributed by atoms with Gasteiger partial charge in [-0.3, -0.25) is 14.6 Å². The molecule has 0 saturated carbocycles. The monoisotopic (exact) mass is 259 g/mol. The van der Waals surface area contributed by atoms with Gasteiger partial charge in [0.05, 0.1) is 0 Å². The average molecular weight is 259 g/mol. The largest absolute Gasteiger partial charge is 0.348 e. The zero-order valence-electron chi connectivity index (χ0n) is 9.61. The van der Waals surface area contributed by atoms with Crippen molar-refractivity contribution in [2.24, 2.45) is 0 Å². The molecule has 0 radical (unpaired) electrons. The van der Waals surface area contributed by atoms with Gasteiger partial charge in [-0.2, -0.15) is 0 Å². The molecule has 19 heavy (non-hydrogen) atoms. The van der Waals surface area contributed by atoms with E-state index in [9.17, 15) is 14.4 Å². The van der Waals surface area contributed by atoms with Crippen LogP contribution in [0.25, 0.3) is 0 Å². The molecule has 2 heterocycles. The maximum absolute atomic E-state index is 11.8. The lowest BCUT2D eigenvalue weighted by Gasteiger charge is -2.07. The fraction of sp³-hybridized carbons (Fsp3) is 0.0909. The number of nitrogens with one attached hydrogen (secondary N) is 4. The summed E-state index contributed by atoms with van der Waals surface area (Å²) in [6.45, 7) is 0.363. The van der Waals surface area contributed by atoms with Crippen molar-refractivity contribution in [1.82, 2.24) is 20.5 Å². The Morgan fingerprint density at radius 1 is 1.32 bits per heavy atom. The lowest BCUT2D eigenvalue weighted by molar-refractivity contribution is 0.0964. The molecule has 1 aliphatic heterocycles. The predicted molar refractivity (Wildman–Crippen MR) is 64.8 cm³/mol. The van der Waals surface area contributed by atoms with Crippen molar-refractivity contribution in [1.29, 1.82) is 0 Å². The molecule has 0 aliphatic carbocycles. The highest BCUT2D eigenvalue weighted by molar-refractivity contribution is 6.05. The second-order valence-corrected chi connectivity index (χ2v) is 3.99. The first kappa shape index (κ1) is 11.2. The second-order valence-electron chi connectivity index (χ2n) is 3.99. The number of anilines is 1. The summed E-state index contributed by atoms with van der Waals surface area (Å²) in [6, 6.07) is 5.04. The highest BCUT2D eigenvalue weighted by Gasteiger charge is 2.22. The van der Waals surface area contributed by atoms with Gasteiger partial charge in [-0.05, 0) is 12.1 Å². The molecule has 0 atom stereocenters. The molecule has 1 aliphatic rings. The van der Waals surface area contributed by atoms with Crippen molar-refractivity contribution < 1.29 is 9.59 Å². The van der Waals surface area contributed by atoms with Crippen molar-refractivity contribution in [2.45, 2.75) is 6.54 Å². The zero-order valence-corrected chi connectivity index (χ0v) is 9.61. The third kappa shape index (κ3) is 1.88. The highest BCUT2D eigenvalue weighted by atomic mass is 16.2. The smallest absolute Gasteiger partial charge is 0.341 e. The van der Waals surface area contributed by atoms with Crippen LogP contribution >= 0.6 is 0 Å². The third-order valence-electron chi connectivity index (χ3n) is 2.81. The lowest BCUT2D eigenvalue weighted by atomic mass is 10.1. The summed E-state index contributed by atoms with van der Waals surface area (Å²) >= 11 is 0. The summed E-state index contributed by atoms with van der Waals surface area (Å²) < 4.78 is 0. The fourth-order valence-electron chi connectivity index (χ4n) is 1.93. The molecular weight excluding hydrogens is 250 g/mol. The van der Waals surface area contributed by atoms with Crippen molar-refractivity contribution in [2.75, 3.05) is 5.32 Å². The molecule has 1 aromatic heterocycles. The first-order valence-electron chi connectivity index (χ1n) is 5.51. The number of fused-ring (bicyclic) bond motifs is 1. The van der Waals surface area contributed by atoms with Gasteiger partial charge < -0.3 is 10.6 Å². The Kier molecular flexibility index (Phi) is 2.41. The maximum atomic E-state index is 11.8. The van der Waals surface area contributed by atoms with E-state index in [0.717, 1.165) is 5.56 Å². The van der Waals surface area contributed by atoms with Crippen LogP contribution in [0.4, 0.5) is 5.69 Å². The molecule has 0 unspecified atom stereocenters. The molecular formula is C11H9N5O3. The van der Waals surface area contributed by atoms with Crippen molar-refractivity contribution in [3.05, 3.63) is 45.6 Å². The first-order valence-corrected chi connectivity index (χ1v) is 5.51. The number of H-pyrrole nitrogens is 2. The maximum Gasteiger partial charge on any atom is 0.341 e. The van der Waals surface area contributed by atoms with Gasteiger partial charge in [-0.15, -0.1) is 5.10 Å². The molecule has 1 aromatic carbocycles. The molecule has 8 heteroatoms. The Morgan fingerprint density at radius 2 is 2.16 bits per heavy atom. The highest BCUT2D eigenvalue weighted by Crippen LogP contribution is 2.24. The first-order chi connectivity index (χ1) is 9.15. The summed E-state index contributed by atoms with van der Waals surface area (Å²) in [5, 5.41) is 10.9. The van der Waals surface area contributed by atoms with E-state index in [-0.39, 0.29) is 11.7 Å². The molecule has 0 bridgehead atoms. The summed E-state index contributed by atoms with van der Waals surface area (Å²) in [7, 11) is 0. The predicted octanol–water partition coefficient (Wildman–Crippen LogP) is -0.406. The molecule has 4 N–H and O–H groups in total. The Labute approximate surface area is 106 Å². The number of amides is 2. The van der Waals surface area contributed by atoms with Crippen LogP contribution in [-0.4, -0.2) is 27.0 Å². The van der Waals surface area contributed by atoms with E-state index in [1.54, 1.807) is 18.2 Å². The molecule has 0 saturated heterocycles. The summed E-state index contributed by atoms with van der Waals surface area (Å²) in [6.07, 6.45) is 0. The number of nitrogens with zero attached hydrogens (tertiary/aromatic N) is 1. The number of hydrogen-bond donors (Lipinski definition) is 4. The quantitative estimate of drug-likeness (QED) is 0.586. The van der Waals surface area contributed by atoms with Crippen LogP contribution in [0.2, 0.25) is 0 Å². The Morgan fingerprint density at radius 3 is 2.89 bits per heavy atom. The minimum Gasteiger partial charge on any atom is -0.348 e. The van der Waals surface area contributed by atoms with Crippen LogP contribution in [0, 0.1) is 0 Å². The zero-order chi connectivity index (χ0) is 13.4. The molecule has 96 valence electrons. The molecule has 8 nitrogen and oxygen atoms in total. The van der Waals surface area contributed by atoms with Gasteiger partial charge in [0.1, 0.15) is 0 Å². The van der Waals surface area contributed by atoms with Gasteiger partial charge in [-0.1, -0.05) is 6.07 Å². The minimum atomic E-state index is -0.555. The van der Waals surface area contributed by atoms with Crippen LogP contribution < -0.4 is 16.3 Å². The number of rotatable bonds is 2. The molecule has 0 spiro atoms. The molecule has 0 fully saturated rings. The van der Waals surface area contributed by atoms with Crippen LogP contribution in [0.3, 0.4) is 0 Å². The Balaban J connectivity index is 1.91. The van der Waals surface area contributed by atoms with Gasteiger partial charge in [-0.25, -0.2) is 9.89 Å². The van der Waals surface area contributed by atoms with Gasteiger partial charge >= 0.3 is 5.69 Å². The number of aromatic amines is 2. The number of carbonyl (C=O) groups excluding carboxylic acids is 2. The number of hydrogen-bond acceptors (Lipinski definition) is 4. The third-order valence-corrected chi connectivity index (χ3v) is 2.81. The number of aromatic nitrogens is 3. The standard InChI is InChI=1S/C11H9N5O3/c17-9-5-2-1-3-7(6(5)4-12-9)13-10(18)8-14-11(19)16-15-8/h1-3H,4H2,(H,12,17)(H,13,18)(H2,14,15,16,19). The normalized spacial score (nSPS) is 12.9.